The van der Waals surface area contributed by atoms with Crippen molar-refractivity contribution in [1.82, 2.24) is 9.55 Å². The molecule has 11 aromatic rings. The fourth-order valence-electron chi connectivity index (χ4n) is 13.4. The Hall–Kier alpha value is -8.67. The van der Waals surface area contributed by atoms with Gasteiger partial charge in [-0.25, -0.2) is 4.98 Å². The second kappa shape index (κ2) is 22.5. The van der Waals surface area contributed by atoms with Gasteiger partial charge in [-0.2, -0.15) is 0 Å². The number of aromatic nitrogens is 2. The molecule has 0 unspecified atom stereocenters. The van der Waals surface area contributed by atoms with E-state index >= 15 is 0 Å². The Morgan fingerprint density at radius 1 is 0.375 bits per heavy atom. The van der Waals surface area contributed by atoms with Crippen LogP contribution in [0.5, 0.6) is 11.5 Å². The van der Waals surface area contributed by atoms with Gasteiger partial charge in [0, 0.05) is 56.7 Å². The van der Waals surface area contributed by atoms with Gasteiger partial charge in [0.15, 0.2) is 0 Å². The molecule has 0 aliphatic carbocycles. The van der Waals surface area contributed by atoms with Crippen molar-refractivity contribution in [3.63, 3.8) is 0 Å². The molecule has 0 saturated heterocycles. The third-order valence-corrected chi connectivity index (χ3v) is 19.3. The van der Waals surface area contributed by atoms with Crippen molar-refractivity contribution in [1.29, 1.82) is 0 Å². The zero-order chi connectivity index (χ0) is 62.2. The minimum atomic E-state index is -0.401. The van der Waals surface area contributed by atoms with Crippen molar-refractivity contribution in [3.05, 3.63) is 274 Å². The van der Waals surface area contributed by atoms with Crippen LogP contribution in [-0.2, 0) is 27.1 Å². The van der Waals surface area contributed by atoms with Crippen LogP contribution < -0.4 is 14.5 Å². The standard InChI is InChI=1S/C83H88N4O/c1-54(2)69-33-26-34-70(55(3)4)78(69)56-35-39-74-76(43-56)86(53-85(74)65-45-62(81(11,12)57-27-20-17-21-28-57)44-63(46-65)82(13,14)58-29-22-18-23-30-58)66-47-64(83(15,16)59-31-24-19-25-32-59)48-68(51-66)88-67-37-38-71-72-49-60(79(5,6)7)36-40-73(72)87(75(71)52-67)77-50-61(41-42-84-77)80(8,9)10/h17-52,54-55H,53H2,1-16H3. The van der Waals surface area contributed by atoms with Crippen LogP contribution in [0.2, 0.25) is 0 Å². The van der Waals surface area contributed by atoms with Gasteiger partial charge in [0.1, 0.15) is 24.0 Å². The summed E-state index contributed by atoms with van der Waals surface area (Å²) in [7, 11) is 0. The number of rotatable bonds is 14. The van der Waals surface area contributed by atoms with Crippen LogP contribution in [0.3, 0.4) is 0 Å². The lowest BCUT2D eigenvalue weighted by Gasteiger charge is -2.33. The molecule has 0 amide bonds. The first-order valence-corrected chi connectivity index (χ1v) is 31.8. The Labute approximate surface area is 524 Å². The quantitative estimate of drug-likeness (QED) is 0.109. The van der Waals surface area contributed by atoms with Gasteiger partial charge < -0.3 is 14.5 Å². The number of fused-ring (bicyclic) bond motifs is 4. The van der Waals surface area contributed by atoms with Crippen LogP contribution in [0.4, 0.5) is 22.7 Å². The van der Waals surface area contributed by atoms with Gasteiger partial charge in [0.25, 0.3) is 0 Å². The van der Waals surface area contributed by atoms with Crippen LogP contribution in [0, 0.1) is 0 Å². The molecular weight excluding hydrogens is 1070 g/mol. The molecule has 5 nitrogen and oxygen atoms in total. The molecule has 0 radical (unpaired) electrons. The number of hydrogen-bond acceptors (Lipinski definition) is 4. The molecule has 88 heavy (non-hydrogen) atoms. The van der Waals surface area contributed by atoms with Crippen molar-refractivity contribution < 1.29 is 4.74 Å². The van der Waals surface area contributed by atoms with Crippen molar-refractivity contribution in [2.24, 2.45) is 0 Å². The van der Waals surface area contributed by atoms with E-state index in [0.29, 0.717) is 18.5 Å². The van der Waals surface area contributed by atoms with Crippen molar-refractivity contribution in [2.45, 2.75) is 150 Å². The molecule has 5 heteroatoms. The molecule has 3 heterocycles. The molecule has 1 aliphatic heterocycles. The Morgan fingerprint density at radius 3 is 1.42 bits per heavy atom. The molecule has 446 valence electrons. The first-order valence-electron chi connectivity index (χ1n) is 31.8. The van der Waals surface area contributed by atoms with Gasteiger partial charge in [-0.3, -0.25) is 4.57 Å². The number of nitrogens with zero attached hydrogens (tertiary/aromatic N) is 4. The fraction of sp³-hybridized carbons (Fsp3) is 0.289. The molecular formula is C83H88N4O. The first kappa shape index (κ1) is 59.7. The number of hydrogen-bond donors (Lipinski definition) is 0. The van der Waals surface area contributed by atoms with Crippen LogP contribution in [-0.4, -0.2) is 16.2 Å². The largest absolute Gasteiger partial charge is 0.457 e. The highest BCUT2D eigenvalue weighted by Gasteiger charge is 2.36. The Morgan fingerprint density at radius 2 is 0.886 bits per heavy atom. The molecule has 0 atom stereocenters. The smallest absolute Gasteiger partial charge is 0.137 e. The molecule has 1 aliphatic rings. The van der Waals surface area contributed by atoms with E-state index < -0.39 is 5.41 Å². The molecule has 0 spiro atoms. The third kappa shape index (κ3) is 11.0. The van der Waals surface area contributed by atoms with Gasteiger partial charge in [-0.1, -0.05) is 238 Å². The summed E-state index contributed by atoms with van der Waals surface area (Å²) in [4.78, 5) is 10.2. The minimum absolute atomic E-state index is 0.0259. The van der Waals surface area contributed by atoms with E-state index in [1.807, 2.05) is 6.20 Å². The van der Waals surface area contributed by atoms with Gasteiger partial charge in [-0.15, -0.1) is 0 Å². The van der Waals surface area contributed by atoms with Crippen LogP contribution in [0.25, 0.3) is 38.8 Å². The monoisotopic (exact) mass is 1160 g/mol. The topological polar surface area (TPSA) is 33.5 Å². The molecule has 2 aromatic heterocycles. The van der Waals surface area contributed by atoms with E-state index in [9.17, 15) is 0 Å². The maximum atomic E-state index is 7.39. The number of pyridine rings is 1. The summed E-state index contributed by atoms with van der Waals surface area (Å²) in [6.45, 7) is 37.7. The minimum Gasteiger partial charge on any atom is -0.457 e. The second-order valence-corrected chi connectivity index (χ2v) is 29.0. The number of anilines is 4. The Bertz CT molecular complexity index is 4280. The lowest BCUT2D eigenvalue weighted by molar-refractivity contribution is 0.480. The van der Waals surface area contributed by atoms with E-state index in [-0.39, 0.29) is 21.7 Å². The predicted molar refractivity (Wildman–Crippen MR) is 374 cm³/mol. The van der Waals surface area contributed by atoms with Crippen LogP contribution >= 0.6 is 0 Å². The second-order valence-electron chi connectivity index (χ2n) is 29.0. The van der Waals surface area contributed by atoms with Gasteiger partial charge in [-0.05, 0) is 162 Å². The average molecular weight is 1160 g/mol. The highest BCUT2D eigenvalue weighted by molar-refractivity contribution is 6.10. The molecule has 12 rings (SSSR count). The molecule has 0 N–H and O–H groups in total. The molecule has 0 saturated carbocycles. The Kier molecular flexibility index (Phi) is 15.2. The van der Waals surface area contributed by atoms with E-state index in [4.69, 9.17) is 9.72 Å². The maximum Gasteiger partial charge on any atom is 0.137 e. The van der Waals surface area contributed by atoms with Crippen LogP contribution in [0.1, 0.15) is 178 Å². The lowest BCUT2D eigenvalue weighted by Crippen LogP contribution is -2.27. The van der Waals surface area contributed by atoms with Gasteiger partial charge >= 0.3 is 0 Å². The summed E-state index contributed by atoms with van der Waals surface area (Å²) in [5, 5.41) is 2.36. The van der Waals surface area contributed by atoms with E-state index in [0.717, 1.165) is 62.0 Å². The van der Waals surface area contributed by atoms with E-state index in [1.165, 1.54) is 66.6 Å². The third-order valence-electron chi connectivity index (χ3n) is 19.3. The van der Waals surface area contributed by atoms with Crippen molar-refractivity contribution in [2.75, 3.05) is 16.5 Å². The SMILES string of the molecule is CC(C)c1cccc(C(C)C)c1-c1ccc2c(c1)N(c1cc(Oc3ccc4c5cc(C(C)(C)C)ccc5n(-c5cc(C(C)(C)C)ccn5)c4c3)cc(C(C)(C)c3ccccc3)c1)CN2c1cc(C(C)(C)c2ccccc2)cc(C(C)(C)c2ccccc2)c1. The number of ether oxygens (including phenoxy) is 1. The summed E-state index contributed by atoms with van der Waals surface area (Å²) < 4.78 is 9.73. The normalized spacial score (nSPS) is 13.3. The molecule has 9 aromatic carbocycles. The highest BCUT2D eigenvalue weighted by Crippen LogP contribution is 2.52. The number of benzene rings is 9. The Balaban J connectivity index is 1.07. The average Bonchev–Trinajstić information content (AvgIpc) is 1.57. The predicted octanol–water partition coefficient (Wildman–Crippen LogP) is 22.7. The lowest BCUT2D eigenvalue weighted by atomic mass is 9.73. The summed E-state index contributed by atoms with van der Waals surface area (Å²) in [5.74, 6) is 3.08. The van der Waals surface area contributed by atoms with Gasteiger partial charge in [0.2, 0.25) is 0 Å². The van der Waals surface area contributed by atoms with Gasteiger partial charge in [0.05, 0.1) is 22.4 Å². The summed E-state index contributed by atoms with van der Waals surface area (Å²) in [5.41, 5.74) is 20.9. The van der Waals surface area contributed by atoms with E-state index in [2.05, 4.69) is 337 Å². The highest BCUT2D eigenvalue weighted by atomic mass is 16.5. The zero-order valence-electron chi connectivity index (χ0n) is 54.8. The van der Waals surface area contributed by atoms with Crippen LogP contribution in [0.15, 0.2) is 219 Å². The molecule has 0 fully saturated rings. The summed E-state index contributed by atoms with van der Waals surface area (Å²) in [6, 6.07) is 79.4. The van der Waals surface area contributed by atoms with E-state index in [1.54, 1.807) is 0 Å². The molecule has 0 bridgehead atoms. The van der Waals surface area contributed by atoms with Crippen molar-refractivity contribution in [3.8, 4) is 28.4 Å². The zero-order valence-corrected chi connectivity index (χ0v) is 54.8. The fourth-order valence-corrected chi connectivity index (χ4v) is 13.4. The summed E-state index contributed by atoms with van der Waals surface area (Å²) in [6.07, 6.45) is 1.96. The summed E-state index contributed by atoms with van der Waals surface area (Å²) >= 11 is 0. The first-order chi connectivity index (χ1) is 41.8. The maximum absolute atomic E-state index is 7.39. The van der Waals surface area contributed by atoms with Crippen molar-refractivity contribution >= 4 is 44.6 Å².